The summed E-state index contributed by atoms with van der Waals surface area (Å²) in [7, 11) is 0. The van der Waals surface area contributed by atoms with Crippen molar-refractivity contribution < 1.29 is 5.11 Å². The number of aliphatic hydroxyl groups excluding tert-OH is 1. The molecule has 0 amide bonds. The van der Waals surface area contributed by atoms with E-state index in [1.54, 1.807) is 0 Å². The maximum absolute atomic E-state index is 9.87. The molecule has 0 radical (unpaired) electrons. The fourth-order valence-electron chi connectivity index (χ4n) is 1.88. The molecule has 0 saturated heterocycles. The Bertz CT molecular complexity index is 313. The van der Waals surface area contributed by atoms with Crippen LogP contribution in [0.25, 0.3) is 0 Å². The minimum atomic E-state index is -0.206. The highest BCUT2D eigenvalue weighted by atomic mass is 16.3. The van der Waals surface area contributed by atoms with Gasteiger partial charge in [-0.15, -0.1) is 0 Å². The Morgan fingerprint density at radius 3 is 2.62 bits per heavy atom. The van der Waals surface area contributed by atoms with Crippen molar-refractivity contribution in [3.8, 4) is 0 Å². The van der Waals surface area contributed by atoms with Gasteiger partial charge in [-0.1, -0.05) is 48.9 Å². The lowest BCUT2D eigenvalue weighted by molar-refractivity contribution is 0.165. The predicted molar refractivity (Wildman–Crippen MR) is 69.4 cm³/mol. The average molecular weight is 218 g/mol. The summed E-state index contributed by atoms with van der Waals surface area (Å²) in [6.07, 6.45) is 5.65. The largest absolute Gasteiger partial charge is 0.393 e. The van der Waals surface area contributed by atoms with Crippen LogP contribution in [0.5, 0.6) is 0 Å². The zero-order valence-corrected chi connectivity index (χ0v) is 10.3. The summed E-state index contributed by atoms with van der Waals surface area (Å²) in [6.45, 7) is 4.22. The van der Waals surface area contributed by atoms with Gasteiger partial charge in [0.05, 0.1) is 6.10 Å². The normalized spacial score (nSPS) is 13.8. The predicted octanol–water partition coefficient (Wildman–Crippen LogP) is 3.73. The lowest BCUT2D eigenvalue weighted by Crippen LogP contribution is -2.08. The average Bonchev–Trinajstić information content (AvgIpc) is 2.28. The Morgan fingerprint density at radius 1 is 1.31 bits per heavy atom. The van der Waals surface area contributed by atoms with Crippen LogP contribution in [0.1, 0.15) is 38.7 Å². The Balaban J connectivity index is 2.30. The van der Waals surface area contributed by atoms with Gasteiger partial charge in [-0.2, -0.15) is 0 Å². The Labute approximate surface area is 98.8 Å². The molecular formula is C15H22O. The Morgan fingerprint density at radius 2 is 2.00 bits per heavy atom. The van der Waals surface area contributed by atoms with Gasteiger partial charge in [0.1, 0.15) is 0 Å². The van der Waals surface area contributed by atoms with Crippen molar-refractivity contribution in [2.24, 2.45) is 0 Å². The summed E-state index contributed by atoms with van der Waals surface area (Å²) in [5.41, 5.74) is 2.60. The summed E-state index contributed by atoms with van der Waals surface area (Å²) in [5, 5.41) is 9.87. The zero-order chi connectivity index (χ0) is 11.8. The molecule has 88 valence electrons. The van der Waals surface area contributed by atoms with Crippen LogP contribution in [0, 0.1) is 0 Å². The summed E-state index contributed by atoms with van der Waals surface area (Å²) in [4.78, 5) is 0. The van der Waals surface area contributed by atoms with Crippen molar-refractivity contribution in [2.75, 3.05) is 0 Å². The first-order valence-electron chi connectivity index (χ1n) is 6.10. The second kappa shape index (κ2) is 7.24. The molecule has 0 spiro atoms. The maximum atomic E-state index is 9.87. The summed E-state index contributed by atoms with van der Waals surface area (Å²) < 4.78 is 0. The van der Waals surface area contributed by atoms with E-state index in [0.717, 1.165) is 25.7 Å². The third-order valence-corrected chi connectivity index (χ3v) is 2.72. The minimum Gasteiger partial charge on any atom is -0.393 e. The lowest BCUT2D eigenvalue weighted by atomic mass is 10.0. The quantitative estimate of drug-likeness (QED) is 0.721. The van der Waals surface area contributed by atoms with E-state index in [-0.39, 0.29) is 6.10 Å². The lowest BCUT2D eigenvalue weighted by Gasteiger charge is -2.10. The van der Waals surface area contributed by atoms with Gasteiger partial charge in [0.15, 0.2) is 0 Å². The molecule has 1 aromatic carbocycles. The van der Waals surface area contributed by atoms with Crippen LogP contribution in [0.4, 0.5) is 0 Å². The van der Waals surface area contributed by atoms with E-state index in [9.17, 15) is 5.11 Å². The molecule has 0 heterocycles. The fraction of sp³-hybridized carbons (Fsp3) is 0.467. The van der Waals surface area contributed by atoms with Crippen molar-refractivity contribution >= 4 is 0 Å². The topological polar surface area (TPSA) is 20.2 Å². The molecule has 0 saturated carbocycles. The monoisotopic (exact) mass is 218 g/mol. The second-order valence-corrected chi connectivity index (χ2v) is 4.34. The standard InChI is InChI=1S/C15H22O/c1-3-7-13(2)12-15(16)11-10-14-8-5-4-6-9-14/h4-9,15-16H,3,10-12H2,1-2H3/b13-7+. The molecule has 1 heteroatoms. The Kier molecular flexibility index (Phi) is 5.87. The van der Waals surface area contributed by atoms with E-state index < -0.39 is 0 Å². The van der Waals surface area contributed by atoms with Crippen LogP contribution in [0.3, 0.4) is 0 Å². The highest BCUT2D eigenvalue weighted by Crippen LogP contribution is 2.11. The Hall–Kier alpha value is -1.08. The molecule has 0 aromatic heterocycles. The number of benzene rings is 1. The number of allylic oxidation sites excluding steroid dienone is 1. The molecule has 0 aliphatic heterocycles. The van der Waals surface area contributed by atoms with Gasteiger partial charge in [0.2, 0.25) is 0 Å². The van der Waals surface area contributed by atoms with E-state index in [1.807, 2.05) is 18.2 Å². The summed E-state index contributed by atoms with van der Waals surface area (Å²) >= 11 is 0. The fourth-order valence-corrected chi connectivity index (χ4v) is 1.88. The van der Waals surface area contributed by atoms with Crippen molar-refractivity contribution in [2.45, 2.75) is 45.6 Å². The molecule has 1 nitrogen and oxygen atoms in total. The molecule has 1 aromatic rings. The number of aryl methyl sites for hydroxylation is 1. The molecule has 1 N–H and O–H groups in total. The smallest absolute Gasteiger partial charge is 0.0580 e. The molecule has 1 unspecified atom stereocenters. The molecule has 16 heavy (non-hydrogen) atoms. The van der Waals surface area contributed by atoms with Crippen molar-refractivity contribution in [1.29, 1.82) is 0 Å². The third-order valence-electron chi connectivity index (χ3n) is 2.72. The van der Waals surface area contributed by atoms with E-state index in [4.69, 9.17) is 0 Å². The molecule has 0 fully saturated rings. The molecule has 0 aliphatic rings. The van der Waals surface area contributed by atoms with Gasteiger partial charge in [-0.05, 0) is 38.2 Å². The van der Waals surface area contributed by atoms with Gasteiger partial charge in [0, 0.05) is 0 Å². The van der Waals surface area contributed by atoms with Crippen LogP contribution < -0.4 is 0 Å². The molecule has 0 aliphatic carbocycles. The first-order chi connectivity index (χ1) is 7.72. The van der Waals surface area contributed by atoms with Crippen molar-refractivity contribution in [3.63, 3.8) is 0 Å². The number of aliphatic hydroxyl groups is 1. The summed E-state index contributed by atoms with van der Waals surface area (Å²) in [5.74, 6) is 0. The van der Waals surface area contributed by atoms with E-state index in [0.29, 0.717) is 0 Å². The first-order valence-corrected chi connectivity index (χ1v) is 6.10. The van der Waals surface area contributed by atoms with Crippen molar-refractivity contribution in [1.82, 2.24) is 0 Å². The highest BCUT2D eigenvalue weighted by molar-refractivity contribution is 5.14. The molecule has 1 rings (SSSR count). The van der Waals surface area contributed by atoms with Crippen LogP contribution in [-0.2, 0) is 6.42 Å². The summed E-state index contributed by atoms with van der Waals surface area (Å²) in [6, 6.07) is 10.3. The van der Waals surface area contributed by atoms with Crippen molar-refractivity contribution in [3.05, 3.63) is 47.5 Å². The minimum absolute atomic E-state index is 0.206. The zero-order valence-electron chi connectivity index (χ0n) is 10.3. The van der Waals surface area contributed by atoms with Crippen LogP contribution in [0.2, 0.25) is 0 Å². The maximum Gasteiger partial charge on any atom is 0.0580 e. The van der Waals surface area contributed by atoms with E-state index >= 15 is 0 Å². The van der Waals surface area contributed by atoms with E-state index in [2.05, 4.69) is 32.1 Å². The molecular weight excluding hydrogens is 196 g/mol. The third kappa shape index (κ3) is 5.13. The van der Waals surface area contributed by atoms with Gasteiger partial charge in [0.25, 0.3) is 0 Å². The van der Waals surface area contributed by atoms with E-state index in [1.165, 1.54) is 11.1 Å². The van der Waals surface area contributed by atoms with Gasteiger partial charge < -0.3 is 5.11 Å². The highest BCUT2D eigenvalue weighted by Gasteiger charge is 2.05. The van der Waals surface area contributed by atoms with Gasteiger partial charge in [-0.25, -0.2) is 0 Å². The van der Waals surface area contributed by atoms with Gasteiger partial charge in [-0.3, -0.25) is 0 Å². The van der Waals surface area contributed by atoms with Crippen LogP contribution in [-0.4, -0.2) is 11.2 Å². The SMILES string of the molecule is CC/C=C(\C)CC(O)CCc1ccccc1. The first kappa shape index (κ1) is 13.0. The second-order valence-electron chi connectivity index (χ2n) is 4.34. The molecule has 1 atom stereocenters. The molecule has 0 bridgehead atoms. The number of rotatable bonds is 6. The number of hydrogen-bond acceptors (Lipinski definition) is 1. The number of hydrogen-bond donors (Lipinski definition) is 1. The van der Waals surface area contributed by atoms with Crippen LogP contribution >= 0.6 is 0 Å². The van der Waals surface area contributed by atoms with Gasteiger partial charge >= 0.3 is 0 Å². The van der Waals surface area contributed by atoms with Crippen LogP contribution in [0.15, 0.2) is 42.0 Å².